The van der Waals surface area contributed by atoms with Crippen molar-refractivity contribution in [3.05, 3.63) is 69.1 Å². The van der Waals surface area contributed by atoms with Gasteiger partial charge in [-0.3, -0.25) is 14.9 Å². The Morgan fingerprint density at radius 2 is 1.92 bits per heavy atom. The second-order valence-corrected chi connectivity index (χ2v) is 7.09. The number of hydrogen-bond donors (Lipinski definition) is 1. The Balaban J connectivity index is 1.96. The van der Waals surface area contributed by atoms with Crippen molar-refractivity contribution in [3.8, 4) is 5.69 Å². The molecule has 0 radical (unpaired) electrons. The first kappa shape index (κ1) is 17.5. The van der Waals surface area contributed by atoms with Crippen LogP contribution in [0, 0.1) is 18.9 Å². The zero-order chi connectivity index (χ0) is 18.9. The highest BCUT2D eigenvalue weighted by molar-refractivity contribution is 6.03. The minimum Gasteiger partial charge on any atom is -0.293 e. The summed E-state index contributed by atoms with van der Waals surface area (Å²) in [6, 6.07) is 9.25. The van der Waals surface area contributed by atoms with Crippen LogP contribution in [0.5, 0.6) is 0 Å². The van der Waals surface area contributed by atoms with Crippen molar-refractivity contribution in [2.24, 2.45) is 20.6 Å². The molecule has 0 unspecified atom stereocenters. The molecule has 26 heavy (non-hydrogen) atoms. The predicted molar refractivity (Wildman–Crippen MR) is 101 cm³/mol. The number of rotatable bonds is 2. The largest absolute Gasteiger partial charge is 0.299 e. The summed E-state index contributed by atoms with van der Waals surface area (Å²) >= 11 is 0. The monoisotopic (exact) mass is 348 g/mol. The molecule has 0 saturated carbocycles. The van der Waals surface area contributed by atoms with E-state index in [1.807, 2.05) is 51.1 Å². The lowest BCUT2D eigenvalue weighted by Gasteiger charge is -2.20. The van der Waals surface area contributed by atoms with E-state index < -0.39 is 0 Å². The third kappa shape index (κ3) is 3.14. The number of aryl methyl sites for hydroxylation is 1. The van der Waals surface area contributed by atoms with Crippen LogP contribution in [0.25, 0.3) is 10.5 Å². The Bertz CT molecular complexity index is 1020. The highest BCUT2D eigenvalue weighted by Gasteiger charge is 2.28. The molecule has 0 fully saturated rings. The first-order chi connectivity index (χ1) is 12.3. The summed E-state index contributed by atoms with van der Waals surface area (Å²) in [6.45, 7) is 15.8. The molecule has 0 amide bonds. The van der Waals surface area contributed by atoms with E-state index in [9.17, 15) is 4.79 Å². The number of amidine groups is 1. The summed E-state index contributed by atoms with van der Waals surface area (Å²) in [7, 11) is 0. The van der Waals surface area contributed by atoms with Gasteiger partial charge in [0.05, 0.1) is 24.5 Å². The molecule has 1 aromatic heterocycles. The van der Waals surface area contributed by atoms with Crippen LogP contribution >= 0.6 is 0 Å². The molecular formula is C19H20N6O. The summed E-state index contributed by atoms with van der Waals surface area (Å²) < 4.78 is 1.42. The summed E-state index contributed by atoms with van der Waals surface area (Å²) in [5.74, 6) is 0.288. The van der Waals surface area contributed by atoms with Gasteiger partial charge in [-0.05, 0) is 30.0 Å². The van der Waals surface area contributed by atoms with Crippen molar-refractivity contribution in [2.45, 2.75) is 27.7 Å². The number of nitrogens with one attached hydrogen (secondary N) is 1. The molecule has 0 atom stereocenters. The first-order valence-electron chi connectivity index (χ1n) is 8.27. The van der Waals surface area contributed by atoms with Gasteiger partial charge in [-0.1, -0.05) is 39.0 Å². The van der Waals surface area contributed by atoms with Gasteiger partial charge in [-0.15, -0.1) is 10.2 Å². The maximum Gasteiger partial charge on any atom is 0.299 e. The number of aromatic nitrogens is 2. The lowest BCUT2D eigenvalue weighted by molar-refractivity contribution is 0.497. The molecule has 1 N–H and O–H groups in total. The lowest BCUT2D eigenvalue weighted by atomic mass is 9.86. The van der Waals surface area contributed by atoms with Crippen LogP contribution in [-0.4, -0.2) is 22.2 Å². The zero-order valence-electron chi connectivity index (χ0n) is 15.2. The van der Waals surface area contributed by atoms with Gasteiger partial charge in [-0.25, -0.2) is 9.53 Å². The summed E-state index contributed by atoms with van der Waals surface area (Å²) in [5, 5.41) is 11.2. The lowest BCUT2D eigenvalue weighted by Crippen LogP contribution is -2.13. The normalized spacial score (nSPS) is 14.8. The average molecular weight is 348 g/mol. The summed E-state index contributed by atoms with van der Waals surface area (Å²) in [4.78, 5) is 20.5. The van der Waals surface area contributed by atoms with Crippen LogP contribution in [0.4, 0.5) is 5.69 Å². The molecule has 3 rings (SSSR count). The van der Waals surface area contributed by atoms with Gasteiger partial charge in [0.2, 0.25) is 5.70 Å². The quantitative estimate of drug-likeness (QED) is 0.641. The molecule has 2 heterocycles. The number of hydrogen-bond acceptors (Lipinski definition) is 4. The molecule has 2 aromatic rings. The van der Waals surface area contributed by atoms with Crippen molar-refractivity contribution in [1.82, 2.24) is 9.78 Å². The molecule has 1 aromatic carbocycles. The van der Waals surface area contributed by atoms with E-state index in [1.165, 1.54) is 4.68 Å². The Morgan fingerprint density at radius 1 is 1.23 bits per heavy atom. The van der Waals surface area contributed by atoms with Gasteiger partial charge in [0, 0.05) is 0 Å². The fourth-order valence-electron chi connectivity index (χ4n) is 2.74. The molecule has 7 heteroatoms. The van der Waals surface area contributed by atoms with Crippen molar-refractivity contribution >= 4 is 11.5 Å². The van der Waals surface area contributed by atoms with Gasteiger partial charge in [0.15, 0.2) is 11.5 Å². The Morgan fingerprint density at radius 3 is 2.54 bits per heavy atom. The zero-order valence-corrected chi connectivity index (χ0v) is 15.2. The molecule has 7 nitrogen and oxygen atoms in total. The van der Waals surface area contributed by atoms with E-state index in [-0.39, 0.29) is 22.5 Å². The van der Waals surface area contributed by atoms with Crippen LogP contribution in [0.1, 0.15) is 26.5 Å². The molecule has 1 aliphatic heterocycles. The number of aromatic amines is 1. The van der Waals surface area contributed by atoms with Crippen LogP contribution in [0.15, 0.2) is 61.6 Å². The topological polar surface area (TPSA) is 79.2 Å². The van der Waals surface area contributed by atoms with E-state index >= 15 is 0 Å². The number of aliphatic imine (C=N–C) groups is 1. The van der Waals surface area contributed by atoms with Crippen LogP contribution in [0.2, 0.25) is 0 Å². The van der Waals surface area contributed by atoms with E-state index in [1.54, 1.807) is 6.92 Å². The molecule has 0 aliphatic carbocycles. The molecule has 0 bridgehead atoms. The van der Waals surface area contributed by atoms with E-state index in [4.69, 9.17) is 6.57 Å². The van der Waals surface area contributed by atoms with Gasteiger partial charge in [0.25, 0.3) is 5.56 Å². The Hall–Kier alpha value is -3.27. The maximum absolute atomic E-state index is 12.6. The number of azo groups is 1. The third-order valence-corrected chi connectivity index (χ3v) is 4.20. The second kappa shape index (κ2) is 6.56. The fraction of sp³-hybridized carbons (Fsp3) is 0.316. The van der Waals surface area contributed by atoms with Crippen molar-refractivity contribution in [3.63, 3.8) is 0 Å². The van der Waals surface area contributed by atoms with Crippen LogP contribution < -0.4 is 5.56 Å². The smallest absolute Gasteiger partial charge is 0.293 e. The highest BCUT2D eigenvalue weighted by Crippen LogP contribution is 2.33. The summed E-state index contributed by atoms with van der Waals surface area (Å²) in [5.41, 5.74) is 2.45. The van der Waals surface area contributed by atoms with Gasteiger partial charge in [-0.2, -0.15) is 0 Å². The highest BCUT2D eigenvalue weighted by atomic mass is 16.1. The standard InChI is InChI=1S/C19H20N6O/c1-12-15(18(26)25(24-12)13-9-7-6-8-10-13)22-23-17-16(20-5)14(11-21-17)19(2,3)4/h6-10,24H,11H2,1-4H3. The minimum atomic E-state index is -0.291. The average Bonchev–Trinajstić information content (AvgIpc) is 3.14. The second-order valence-electron chi connectivity index (χ2n) is 7.09. The summed E-state index contributed by atoms with van der Waals surface area (Å²) in [6.07, 6.45) is 0. The molecular weight excluding hydrogens is 328 g/mol. The number of para-hydroxylation sites is 1. The van der Waals surface area contributed by atoms with Crippen LogP contribution in [-0.2, 0) is 0 Å². The van der Waals surface area contributed by atoms with Gasteiger partial charge >= 0.3 is 0 Å². The maximum atomic E-state index is 12.6. The van der Waals surface area contributed by atoms with E-state index in [0.717, 1.165) is 11.3 Å². The Kier molecular flexibility index (Phi) is 4.43. The van der Waals surface area contributed by atoms with E-state index in [0.29, 0.717) is 17.9 Å². The predicted octanol–water partition coefficient (Wildman–Crippen LogP) is 4.19. The fourth-order valence-corrected chi connectivity index (χ4v) is 2.74. The SMILES string of the molecule is [C-]#[N+]C1=C(C(C)(C)C)CN=C1N=Nc1c(C)[nH]n(-c2ccccc2)c1=O. The number of benzene rings is 1. The first-order valence-corrected chi connectivity index (χ1v) is 8.27. The minimum absolute atomic E-state index is 0.162. The van der Waals surface area contributed by atoms with Crippen molar-refractivity contribution < 1.29 is 0 Å². The van der Waals surface area contributed by atoms with E-state index in [2.05, 4.69) is 25.2 Å². The molecule has 1 aliphatic rings. The van der Waals surface area contributed by atoms with Crippen LogP contribution in [0.3, 0.4) is 0 Å². The Labute approximate surface area is 151 Å². The van der Waals surface area contributed by atoms with Gasteiger partial charge in [0.1, 0.15) is 0 Å². The van der Waals surface area contributed by atoms with Crippen molar-refractivity contribution in [2.75, 3.05) is 6.54 Å². The third-order valence-electron chi connectivity index (χ3n) is 4.20. The molecule has 0 saturated heterocycles. The molecule has 132 valence electrons. The van der Waals surface area contributed by atoms with Crippen molar-refractivity contribution in [1.29, 1.82) is 0 Å². The molecule has 0 spiro atoms. The number of nitrogens with zero attached hydrogens (tertiary/aromatic N) is 5. The number of H-pyrrole nitrogens is 1. The van der Waals surface area contributed by atoms with Gasteiger partial charge < -0.3 is 0 Å².